The van der Waals surface area contributed by atoms with Gasteiger partial charge in [0.25, 0.3) is 5.69 Å². The molecule has 1 heterocycles. The fraction of sp³-hybridized carbons (Fsp3) is 0. The summed E-state index contributed by atoms with van der Waals surface area (Å²) in [5, 5.41) is 28.8. The van der Waals surface area contributed by atoms with Gasteiger partial charge in [-0.1, -0.05) is 60.7 Å². The lowest BCUT2D eigenvalue weighted by Crippen LogP contribution is -1.86. The first-order chi connectivity index (χ1) is 14.1. The van der Waals surface area contributed by atoms with Crippen molar-refractivity contribution in [2.75, 3.05) is 0 Å². The summed E-state index contributed by atoms with van der Waals surface area (Å²) in [5.41, 5.74) is 3.10. The first-order valence-electron chi connectivity index (χ1n) is 8.72. The molecule has 1 aromatic heterocycles. The summed E-state index contributed by atoms with van der Waals surface area (Å²) in [5.74, 6) is 0.00563. The highest BCUT2D eigenvalue weighted by Crippen LogP contribution is 2.34. The Morgan fingerprint density at radius 2 is 1.55 bits per heavy atom. The molecule has 0 aliphatic rings. The van der Waals surface area contributed by atoms with Gasteiger partial charge in [-0.15, -0.1) is 10.2 Å². The molecule has 0 saturated carbocycles. The molecular formula is C21H15N5O3. The molecule has 0 bridgehead atoms. The highest BCUT2D eigenvalue weighted by Gasteiger charge is 2.14. The van der Waals surface area contributed by atoms with Crippen LogP contribution in [0.15, 0.2) is 89.1 Å². The van der Waals surface area contributed by atoms with E-state index in [0.29, 0.717) is 5.69 Å². The summed E-state index contributed by atoms with van der Waals surface area (Å²) >= 11 is 0. The number of benzene rings is 3. The molecular weight excluding hydrogens is 370 g/mol. The Morgan fingerprint density at radius 3 is 2.21 bits per heavy atom. The minimum Gasteiger partial charge on any atom is -0.506 e. The van der Waals surface area contributed by atoms with E-state index in [4.69, 9.17) is 0 Å². The Labute approximate surface area is 165 Å². The predicted octanol–water partition coefficient (Wildman–Crippen LogP) is 5.77. The van der Waals surface area contributed by atoms with Crippen molar-refractivity contribution >= 4 is 17.3 Å². The van der Waals surface area contributed by atoms with E-state index < -0.39 is 4.92 Å². The molecule has 142 valence electrons. The smallest absolute Gasteiger partial charge is 0.271 e. The third-order valence-corrected chi connectivity index (χ3v) is 4.22. The van der Waals surface area contributed by atoms with Gasteiger partial charge in [0.2, 0.25) is 5.95 Å². The number of nitro groups is 1. The van der Waals surface area contributed by atoms with Gasteiger partial charge in [-0.25, -0.2) is 4.98 Å². The molecule has 0 aliphatic heterocycles. The standard InChI is InChI=1S/C21H15N5O3/c27-18-12-11-16(26(28)29)13-17(18)24-25-21-22-19(14-7-3-1-4-8-14)20(23-21)15-9-5-2-6-10-15/h1-13,27H,(H,22,23)/b25-24+. The summed E-state index contributed by atoms with van der Waals surface area (Å²) < 4.78 is 0. The Balaban J connectivity index is 1.76. The van der Waals surface area contributed by atoms with Crippen LogP contribution in [0.2, 0.25) is 0 Å². The van der Waals surface area contributed by atoms with Crippen LogP contribution in [-0.4, -0.2) is 20.0 Å². The highest BCUT2D eigenvalue weighted by molar-refractivity contribution is 5.79. The van der Waals surface area contributed by atoms with E-state index in [0.717, 1.165) is 22.9 Å². The fourth-order valence-electron chi connectivity index (χ4n) is 2.83. The van der Waals surface area contributed by atoms with Crippen LogP contribution in [0.3, 0.4) is 0 Å². The van der Waals surface area contributed by atoms with E-state index in [1.54, 1.807) is 0 Å². The number of phenolic OH excluding ortho intramolecular Hbond substituents is 1. The highest BCUT2D eigenvalue weighted by atomic mass is 16.6. The molecule has 0 spiro atoms. The van der Waals surface area contributed by atoms with Crippen molar-refractivity contribution < 1.29 is 10.0 Å². The monoisotopic (exact) mass is 385 g/mol. The number of nitrogens with one attached hydrogen (secondary N) is 1. The van der Waals surface area contributed by atoms with Crippen molar-refractivity contribution in [3.63, 3.8) is 0 Å². The molecule has 8 nitrogen and oxygen atoms in total. The minimum atomic E-state index is -0.563. The number of hydrogen-bond donors (Lipinski definition) is 2. The second-order valence-electron chi connectivity index (χ2n) is 6.15. The van der Waals surface area contributed by atoms with Crippen molar-refractivity contribution in [1.29, 1.82) is 0 Å². The molecule has 29 heavy (non-hydrogen) atoms. The Hall–Kier alpha value is -4.33. The van der Waals surface area contributed by atoms with Crippen LogP contribution in [0.5, 0.6) is 5.75 Å². The molecule has 0 fully saturated rings. The molecule has 4 rings (SSSR count). The molecule has 0 atom stereocenters. The van der Waals surface area contributed by atoms with E-state index in [-0.39, 0.29) is 23.1 Å². The maximum absolute atomic E-state index is 10.9. The number of aromatic amines is 1. The molecule has 0 unspecified atom stereocenters. The van der Waals surface area contributed by atoms with Crippen molar-refractivity contribution in [1.82, 2.24) is 9.97 Å². The summed E-state index contributed by atoms with van der Waals surface area (Å²) in [4.78, 5) is 18.0. The Morgan fingerprint density at radius 1 is 0.897 bits per heavy atom. The van der Waals surface area contributed by atoms with Crippen LogP contribution in [0.1, 0.15) is 0 Å². The number of nitro benzene ring substituents is 1. The van der Waals surface area contributed by atoms with E-state index >= 15 is 0 Å². The topological polar surface area (TPSA) is 117 Å². The van der Waals surface area contributed by atoms with Crippen LogP contribution in [0.25, 0.3) is 22.5 Å². The van der Waals surface area contributed by atoms with Crippen LogP contribution in [-0.2, 0) is 0 Å². The summed E-state index contributed by atoms with van der Waals surface area (Å²) in [7, 11) is 0. The van der Waals surface area contributed by atoms with E-state index in [1.807, 2.05) is 60.7 Å². The van der Waals surface area contributed by atoms with Gasteiger partial charge in [0, 0.05) is 23.3 Å². The van der Waals surface area contributed by atoms with Crippen molar-refractivity contribution in [2.45, 2.75) is 0 Å². The number of imidazole rings is 1. The van der Waals surface area contributed by atoms with E-state index in [9.17, 15) is 15.2 Å². The van der Waals surface area contributed by atoms with Crippen LogP contribution < -0.4 is 0 Å². The molecule has 2 N–H and O–H groups in total. The van der Waals surface area contributed by atoms with Crippen LogP contribution in [0, 0.1) is 10.1 Å². The van der Waals surface area contributed by atoms with Gasteiger partial charge < -0.3 is 10.1 Å². The number of non-ortho nitro benzene ring substituents is 1. The Kier molecular flexibility index (Phi) is 4.81. The lowest BCUT2D eigenvalue weighted by atomic mass is 10.1. The van der Waals surface area contributed by atoms with Gasteiger partial charge in [0.15, 0.2) is 0 Å². The van der Waals surface area contributed by atoms with Gasteiger partial charge in [-0.05, 0) is 6.07 Å². The van der Waals surface area contributed by atoms with Crippen molar-refractivity contribution in [3.8, 4) is 28.3 Å². The summed E-state index contributed by atoms with van der Waals surface area (Å²) in [6.07, 6.45) is 0. The Bertz CT molecular complexity index is 1130. The van der Waals surface area contributed by atoms with E-state index in [2.05, 4.69) is 20.2 Å². The number of hydrogen-bond acceptors (Lipinski definition) is 6. The predicted molar refractivity (Wildman–Crippen MR) is 108 cm³/mol. The largest absolute Gasteiger partial charge is 0.506 e. The fourth-order valence-corrected chi connectivity index (χ4v) is 2.83. The van der Waals surface area contributed by atoms with Crippen LogP contribution >= 0.6 is 0 Å². The van der Waals surface area contributed by atoms with Gasteiger partial charge in [-0.2, -0.15) is 0 Å². The van der Waals surface area contributed by atoms with Crippen molar-refractivity contribution in [3.05, 3.63) is 89.0 Å². The van der Waals surface area contributed by atoms with Crippen LogP contribution in [0.4, 0.5) is 17.3 Å². The van der Waals surface area contributed by atoms with Crippen molar-refractivity contribution in [2.24, 2.45) is 10.2 Å². The van der Waals surface area contributed by atoms with Gasteiger partial charge in [-0.3, -0.25) is 10.1 Å². The first-order valence-corrected chi connectivity index (χ1v) is 8.72. The number of aromatic hydroxyl groups is 1. The maximum atomic E-state index is 10.9. The third kappa shape index (κ3) is 3.86. The van der Waals surface area contributed by atoms with Gasteiger partial charge in [0.1, 0.15) is 11.4 Å². The lowest BCUT2D eigenvalue weighted by molar-refractivity contribution is -0.384. The number of rotatable bonds is 5. The molecule has 8 heteroatoms. The first kappa shape index (κ1) is 18.1. The average molecular weight is 385 g/mol. The lowest BCUT2D eigenvalue weighted by Gasteiger charge is -2.02. The number of H-pyrrole nitrogens is 1. The third-order valence-electron chi connectivity index (χ3n) is 4.22. The molecule has 0 radical (unpaired) electrons. The maximum Gasteiger partial charge on any atom is 0.271 e. The molecule has 0 aliphatic carbocycles. The zero-order valence-electron chi connectivity index (χ0n) is 15.1. The normalized spacial score (nSPS) is 11.0. The SMILES string of the molecule is O=[N+]([O-])c1ccc(O)c(/N=N/c2nc(-c3ccccc3)c(-c3ccccc3)[nH]2)c1. The van der Waals surface area contributed by atoms with Gasteiger partial charge >= 0.3 is 0 Å². The summed E-state index contributed by atoms with van der Waals surface area (Å²) in [6.45, 7) is 0. The average Bonchev–Trinajstić information content (AvgIpc) is 3.18. The van der Waals surface area contributed by atoms with Gasteiger partial charge in [0.05, 0.1) is 16.3 Å². The quantitative estimate of drug-likeness (QED) is 0.257. The minimum absolute atomic E-state index is 0.0156. The number of phenols is 1. The molecule has 3 aromatic carbocycles. The zero-order chi connectivity index (χ0) is 20.2. The molecule has 4 aromatic rings. The number of aromatic nitrogens is 2. The summed E-state index contributed by atoms with van der Waals surface area (Å²) in [6, 6.07) is 22.9. The number of nitrogens with zero attached hydrogens (tertiary/aromatic N) is 4. The molecule has 0 saturated heterocycles. The molecule has 0 amide bonds. The second-order valence-corrected chi connectivity index (χ2v) is 6.15. The second kappa shape index (κ2) is 7.73. The zero-order valence-corrected chi connectivity index (χ0v) is 15.1. The number of azo groups is 1. The van der Waals surface area contributed by atoms with E-state index in [1.165, 1.54) is 12.1 Å².